The van der Waals surface area contributed by atoms with Crippen LogP contribution in [-0.4, -0.2) is 39.8 Å². The largest absolute Gasteiger partial charge is 0.342 e. The van der Waals surface area contributed by atoms with E-state index in [9.17, 15) is 9.18 Å². The van der Waals surface area contributed by atoms with Crippen LogP contribution in [-0.2, 0) is 4.79 Å². The molecule has 0 radical (unpaired) electrons. The molecule has 0 bridgehead atoms. The summed E-state index contributed by atoms with van der Waals surface area (Å²) < 4.78 is 13.9. The second-order valence-corrected chi connectivity index (χ2v) is 7.79. The van der Waals surface area contributed by atoms with Crippen LogP contribution in [0, 0.1) is 5.82 Å². The first-order chi connectivity index (χ1) is 11.7. The van der Waals surface area contributed by atoms with Gasteiger partial charge < -0.3 is 10.2 Å². The predicted octanol–water partition coefficient (Wildman–Crippen LogP) is 3.92. The summed E-state index contributed by atoms with van der Waals surface area (Å²) in [7, 11) is 0. The molecule has 1 saturated heterocycles. The molecule has 0 atom stereocenters. The average Bonchev–Trinajstić information content (AvgIpc) is 2.83. The van der Waals surface area contributed by atoms with Gasteiger partial charge in [-0.05, 0) is 31.0 Å². The Kier molecular flexibility index (Phi) is 6.03. The summed E-state index contributed by atoms with van der Waals surface area (Å²) in [5.41, 5.74) is 0.628. The van der Waals surface area contributed by atoms with E-state index in [-0.39, 0.29) is 11.7 Å². The molecule has 128 valence electrons. The first kappa shape index (κ1) is 17.2. The van der Waals surface area contributed by atoms with Crippen LogP contribution >= 0.6 is 23.1 Å². The zero-order valence-corrected chi connectivity index (χ0v) is 14.8. The number of halogens is 1. The number of nitrogens with zero attached hydrogens (tertiary/aromatic N) is 3. The maximum Gasteiger partial charge on any atom is 0.233 e. The van der Waals surface area contributed by atoms with E-state index in [1.807, 2.05) is 4.90 Å². The van der Waals surface area contributed by atoms with Crippen molar-refractivity contribution in [2.24, 2.45) is 0 Å². The lowest BCUT2D eigenvalue weighted by atomic mass is 10.2. The van der Waals surface area contributed by atoms with Gasteiger partial charge in [0.1, 0.15) is 5.82 Å². The third-order valence-corrected chi connectivity index (χ3v) is 5.72. The van der Waals surface area contributed by atoms with Crippen LogP contribution in [0.1, 0.15) is 25.7 Å². The number of benzene rings is 1. The molecule has 1 aliphatic rings. The van der Waals surface area contributed by atoms with Crippen LogP contribution < -0.4 is 5.32 Å². The number of carbonyl (C=O) groups excluding carboxylic acids is 1. The molecule has 1 aromatic heterocycles. The molecule has 1 amide bonds. The van der Waals surface area contributed by atoms with E-state index in [4.69, 9.17) is 0 Å². The van der Waals surface area contributed by atoms with Gasteiger partial charge in [0, 0.05) is 18.8 Å². The summed E-state index contributed by atoms with van der Waals surface area (Å²) in [6.45, 7) is 1.73. The Morgan fingerprint density at radius 2 is 2.04 bits per heavy atom. The number of aromatic nitrogens is 2. The van der Waals surface area contributed by atoms with Gasteiger partial charge in [0.2, 0.25) is 11.0 Å². The third kappa shape index (κ3) is 4.91. The number of hydrogen-bond acceptors (Lipinski definition) is 6. The van der Waals surface area contributed by atoms with Crippen molar-refractivity contribution in [1.82, 2.24) is 15.1 Å². The standard InChI is InChI=1S/C16H19FN4OS2/c17-12-6-5-7-13(10-12)18-15-19-20-16(24-15)23-11-14(22)21-8-3-1-2-4-9-21/h5-7,10H,1-4,8-9,11H2,(H,18,19). The van der Waals surface area contributed by atoms with E-state index in [0.717, 1.165) is 30.3 Å². The second kappa shape index (κ2) is 8.43. The highest BCUT2D eigenvalue weighted by Crippen LogP contribution is 2.28. The fraction of sp³-hybridized carbons (Fsp3) is 0.438. The molecule has 1 N–H and O–H groups in total. The Labute approximate surface area is 148 Å². The van der Waals surface area contributed by atoms with Gasteiger partial charge >= 0.3 is 0 Å². The number of anilines is 2. The quantitative estimate of drug-likeness (QED) is 0.813. The van der Waals surface area contributed by atoms with Gasteiger partial charge in [-0.3, -0.25) is 4.79 Å². The van der Waals surface area contributed by atoms with Gasteiger partial charge in [0.25, 0.3) is 0 Å². The first-order valence-corrected chi connectivity index (χ1v) is 9.77. The zero-order valence-electron chi connectivity index (χ0n) is 13.2. The van der Waals surface area contributed by atoms with Gasteiger partial charge in [-0.1, -0.05) is 42.0 Å². The molecule has 2 heterocycles. The van der Waals surface area contributed by atoms with E-state index in [1.165, 1.54) is 48.1 Å². The molecular weight excluding hydrogens is 347 g/mol. The second-order valence-electron chi connectivity index (χ2n) is 5.59. The maximum absolute atomic E-state index is 13.2. The Morgan fingerprint density at radius 1 is 1.25 bits per heavy atom. The molecule has 0 unspecified atom stereocenters. The minimum Gasteiger partial charge on any atom is -0.342 e. The monoisotopic (exact) mass is 366 g/mol. The summed E-state index contributed by atoms with van der Waals surface area (Å²) in [5.74, 6) is 0.244. The van der Waals surface area contributed by atoms with Gasteiger partial charge in [-0.15, -0.1) is 10.2 Å². The van der Waals surface area contributed by atoms with Crippen molar-refractivity contribution in [2.75, 3.05) is 24.2 Å². The zero-order chi connectivity index (χ0) is 16.8. The molecule has 0 aliphatic carbocycles. The Balaban J connectivity index is 1.51. The van der Waals surface area contributed by atoms with Gasteiger partial charge in [0.15, 0.2) is 4.34 Å². The van der Waals surface area contributed by atoms with Crippen LogP contribution in [0.15, 0.2) is 28.6 Å². The fourth-order valence-electron chi connectivity index (χ4n) is 2.54. The first-order valence-electron chi connectivity index (χ1n) is 7.97. The van der Waals surface area contributed by atoms with Crippen LogP contribution in [0.3, 0.4) is 0 Å². The Hall–Kier alpha value is -1.67. The molecule has 8 heteroatoms. The highest BCUT2D eigenvalue weighted by Gasteiger charge is 2.16. The SMILES string of the molecule is O=C(CSc1nnc(Nc2cccc(F)c2)s1)N1CCCCCC1. The molecule has 0 saturated carbocycles. The minimum absolute atomic E-state index is 0.164. The smallest absolute Gasteiger partial charge is 0.233 e. The van der Waals surface area contributed by atoms with Crippen molar-refractivity contribution < 1.29 is 9.18 Å². The lowest BCUT2D eigenvalue weighted by Crippen LogP contribution is -2.33. The summed E-state index contributed by atoms with van der Waals surface area (Å²) in [6.07, 6.45) is 4.61. The lowest BCUT2D eigenvalue weighted by molar-refractivity contribution is -0.128. The van der Waals surface area contributed by atoms with Crippen LogP contribution in [0.5, 0.6) is 0 Å². The fourth-order valence-corrected chi connectivity index (χ4v) is 4.22. The molecule has 2 aromatic rings. The Bertz CT molecular complexity index is 686. The number of thioether (sulfide) groups is 1. The Morgan fingerprint density at radius 3 is 2.79 bits per heavy atom. The maximum atomic E-state index is 13.2. The van der Waals surface area contributed by atoms with Crippen molar-refractivity contribution in [3.05, 3.63) is 30.1 Å². The molecule has 3 rings (SSSR count). The van der Waals surface area contributed by atoms with Crippen molar-refractivity contribution >= 4 is 39.8 Å². The van der Waals surface area contributed by atoms with Crippen LogP contribution in [0.25, 0.3) is 0 Å². The van der Waals surface area contributed by atoms with Crippen molar-refractivity contribution in [1.29, 1.82) is 0 Å². The van der Waals surface area contributed by atoms with E-state index < -0.39 is 0 Å². The molecule has 1 fully saturated rings. The van der Waals surface area contributed by atoms with Crippen LogP contribution in [0.2, 0.25) is 0 Å². The summed E-state index contributed by atoms with van der Waals surface area (Å²) >= 11 is 2.77. The number of nitrogens with one attached hydrogen (secondary N) is 1. The predicted molar refractivity (Wildman–Crippen MR) is 95.4 cm³/mol. The number of amides is 1. The average molecular weight is 366 g/mol. The van der Waals surface area contributed by atoms with Gasteiger partial charge in [0.05, 0.1) is 5.75 Å². The summed E-state index contributed by atoms with van der Waals surface area (Å²) in [6, 6.07) is 6.19. The topological polar surface area (TPSA) is 58.1 Å². The number of hydrogen-bond donors (Lipinski definition) is 1. The molecule has 24 heavy (non-hydrogen) atoms. The van der Waals surface area contributed by atoms with E-state index in [1.54, 1.807) is 12.1 Å². The normalized spacial score (nSPS) is 15.1. The molecule has 0 spiro atoms. The van der Waals surface area contributed by atoms with Crippen molar-refractivity contribution in [3.63, 3.8) is 0 Å². The molecule has 1 aliphatic heterocycles. The highest BCUT2D eigenvalue weighted by molar-refractivity contribution is 8.01. The summed E-state index contributed by atoms with van der Waals surface area (Å²) in [4.78, 5) is 14.2. The van der Waals surface area contributed by atoms with Crippen molar-refractivity contribution in [3.8, 4) is 0 Å². The molecule has 1 aromatic carbocycles. The number of rotatable bonds is 5. The number of carbonyl (C=O) groups is 1. The molecular formula is C16H19FN4OS2. The highest BCUT2D eigenvalue weighted by atomic mass is 32.2. The summed E-state index contributed by atoms with van der Waals surface area (Å²) in [5, 5.41) is 11.7. The lowest BCUT2D eigenvalue weighted by Gasteiger charge is -2.19. The van der Waals surface area contributed by atoms with Crippen molar-refractivity contribution in [2.45, 2.75) is 30.0 Å². The van der Waals surface area contributed by atoms with Crippen LogP contribution in [0.4, 0.5) is 15.2 Å². The third-order valence-electron chi connectivity index (χ3n) is 3.76. The molecule has 5 nitrogen and oxygen atoms in total. The number of likely N-dealkylation sites (tertiary alicyclic amines) is 1. The minimum atomic E-state index is -0.304. The van der Waals surface area contributed by atoms with E-state index in [2.05, 4.69) is 15.5 Å². The van der Waals surface area contributed by atoms with Gasteiger partial charge in [-0.25, -0.2) is 4.39 Å². The van der Waals surface area contributed by atoms with E-state index >= 15 is 0 Å². The van der Waals surface area contributed by atoms with E-state index in [0.29, 0.717) is 16.6 Å². The van der Waals surface area contributed by atoms with Gasteiger partial charge in [-0.2, -0.15) is 0 Å².